The van der Waals surface area contributed by atoms with Gasteiger partial charge in [0.1, 0.15) is 11.0 Å². The second-order valence-electron chi connectivity index (χ2n) is 5.24. The molecule has 0 unspecified atom stereocenters. The molecular formula is C14H20ClN3O. The number of aromatic nitrogens is 1. The molecule has 4 nitrogen and oxygen atoms in total. The number of halogens is 1. The fourth-order valence-electron chi connectivity index (χ4n) is 2.43. The summed E-state index contributed by atoms with van der Waals surface area (Å²) in [6.07, 6.45) is 4.49. The van der Waals surface area contributed by atoms with Crippen LogP contribution in [0, 0.1) is 5.92 Å². The Labute approximate surface area is 118 Å². The lowest BCUT2D eigenvalue weighted by atomic mass is 9.87. The first-order valence-corrected chi connectivity index (χ1v) is 7.12. The summed E-state index contributed by atoms with van der Waals surface area (Å²) in [6.45, 7) is 2.26. The highest BCUT2D eigenvalue weighted by atomic mass is 35.5. The smallest absolute Gasteiger partial charge is 0.251 e. The Hall–Kier alpha value is -1.29. The van der Waals surface area contributed by atoms with Crippen molar-refractivity contribution in [2.45, 2.75) is 38.6 Å². The average Bonchev–Trinajstić information content (AvgIpc) is 2.40. The van der Waals surface area contributed by atoms with Gasteiger partial charge in [-0.1, -0.05) is 18.5 Å². The highest BCUT2D eigenvalue weighted by molar-refractivity contribution is 6.29. The van der Waals surface area contributed by atoms with Gasteiger partial charge in [-0.2, -0.15) is 0 Å². The van der Waals surface area contributed by atoms with E-state index >= 15 is 0 Å². The third kappa shape index (κ3) is 3.83. The fourth-order valence-corrected chi connectivity index (χ4v) is 2.64. The van der Waals surface area contributed by atoms with Crippen LogP contribution >= 0.6 is 11.6 Å². The Balaban J connectivity index is 2.01. The maximum absolute atomic E-state index is 12.2. The highest BCUT2D eigenvalue weighted by Crippen LogP contribution is 2.24. The number of carbonyl (C=O) groups is 1. The minimum Gasteiger partial charge on any atom is -0.373 e. The number of hydrogen-bond donors (Lipinski definition) is 2. The van der Waals surface area contributed by atoms with Gasteiger partial charge in [0.25, 0.3) is 5.91 Å². The molecule has 0 aliphatic heterocycles. The molecule has 0 saturated heterocycles. The predicted molar refractivity (Wildman–Crippen MR) is 77.7 cm³/mol. The largest absolute Gasteiger partial charge is 0.373 e. The zero-order valence-corrected chi connectivity index (χ0v) is 12.1. The molecular weight excluding hydrogens is 262 g/mol. The van der Waals surface area contributed by atoms with E-state index in [0.717, 1.165) is 18.8 Å². The van der Waals surface area contributed by atoms with Crippen molar-refractivity contribution in [3.63, 3.8) is 0 Å². The Bertz CT molecular complexity index is 456. The first-order chi connectivity index (χ1) is 9.08. The third-order valence-electron chi connectivity index (χ3n) is 3.66. The summed E-state index contributed by atoms with van der Waals surface area (Å²) < 4.78 is 0. The molecule has 1 heterocycles. The number of pyridine rings is 1. The lowest BCUT2D eigenvalue weighted by Gasteiger charge is -2.26. The van der Waals surface area contributed by atoms with Gasteiger partial charge in [0.15, 0.2) is 0 Å². The summed E-state index contributed by atoms with van der Waals surface area (Å²) in [5.74, 6) is 1.31. The van der Waals surface area contributed by atoms with E-state index in [0.29, 0.717) is 16.5 Å². The summed E-state index contributed by atoms with van der Waals surface area (Å²) in [4.78, 5) is 16.3. The molecule has 2 N–H and O–H groups in total. The van der Waals surface area contributed by atoms with Gasteiger partial charge < -0.3 is 10.6 Å². The van der Waals surface area contributed by atoms with Crippen molar-refractivity contribution in [2.24, 2.45) is 5.92 Å². The van der Waals surface area contributed by atoms with Gasteiger partial charge >= 0.3 is 0 Å². The van der Waals surface area contributed by atoms with E-state index in [1.807, 2.05) is 0 Å². The van der Waals surface area contributed by atoms with Crippen molar-refractivity contribution in [2.75, 3.05) is 12.4 Å². The SMILES string of the molecule is CNc1cc(C(=O)NC2CCC(C)CC2)cc(Cl)n1. The molecule has 104 valence electrons. The molecule has 1 amide bonds. The van der Waals surface area contributed by atoms with Crippen LogP contribution in [0.5, 0.6) is 0 Å². The van der Waals surface area contributed by atoms with Gasteiger partial charge in [0, 0.05) is 18.7 Å². The monoisotopic (exact) mass is 281 g/mol. The van der Waals surface area contributed by atoms with Crippen molar-refractivity contribution in [3.05, 3.63) is 22.8 Å². The zero-order valence-electron chi connectivity index (χ0n) is 11.4. The maximum atomic E-state index is 12.2. The summed E-state index contributed by atoms with van der Waals surface area (Å²) >= 11 is 5.90. The normalized spacial score (nSPS) is 22.9. The van der Waals surface area contributed by atoms with Crippen LogP contribution in [0.15, 0.2) is 12.1 Å². The minimum atomic E-state index is -0.0691. The van der Waals surface area contributed by atoms with Crippen LogP contribution in [0.1, 0.15) is 43.0 Å². The summed E-state index contributed by atoms with van der Waals surface area (Å²) in [5.41, 5.74) is 0.558. The van der Waals surface area contributed by atoms with E-state index in [2.05, 4.69) is 22.5 Å². The van der Waals surface area contributed by atoms with Crippen molar-refractivity contribution in [1.82, 2.24) is 10.3 Å². The van der Waals surface area contributed by atoms with E-state index in [1.54, 1.807) is 19.2 Å². The molecule has 0 bridgehead atoms. The predicted octanol–water partition coefficient (Wildman–Crippen LogP) is 3.09. The zero-order chi connectivity index (χ0) is 13.8. The summed E-state index contributed by atoms with van der Waals surface area (Å²) in [5, 5.41) is 6.31. The van der Waals surface area contributed by atoms with Crippen molar-refractivity contribution in [1.29, 1.82) is 0 Å². The number of carbonyl (C=O) groups excluding carboxylic acids is 1. The van der Waals surface area contributed by atoms with Gasteiger partial charge in [0.05, 0.1) is 0 Å². The number of nitrogens with zero attached hydrogens (tertiary/aromatic N) is 1. The Morgan fingerprint density at radius 2 is 2.00 bits per heavy atom. The van der Waals surface area contributed by atoms with Crippen LogP contribution in [0.25, 0.3) is 0 Å². The molecule has 19 heavy (non-hydrogen) atoms. The molecule has 0 atom stereocenters. The van der Waals surface area contributed by atoms with Gasteiger partial charge in [0.2, 0.25) is 0 Å². The Morgan fingerprint density at radius 1 is 1.32 bits per heavy atom. The molecule has 1 saturated carbocycles. The van der Waals surface area contributed by atoms with Crippen molar-refractivity contribution < 1.29 is 4.79 Å². The topological polar surface area (TPSA) is 54.0 Å². The molecule has 0 radical (unpaired) electrons. The molecule has 1 aromatic heterocycles. The third-order valence-corrected chi connectivity index (χ3v) is 3.86. The van der Waals surface area contributed by atoms with Crippen LogP contribution in [-0.4, -0.2) is 24.0 Å². The first kappa shape index (κ1) is 14.1. The average molecular weight is 282 g/mol. The molecule has 1 aliphatic carbocycles. The van der Waals surface area contributed by atoms with Crippen LogP contribution in [0.3, 0.4) is 0 Å². The van der Waals surface area contributed by atoms with Gasteiger partial charge in [-0.15, -0.1) is 0 Å². The Kier molecular flexibility index (Phi) is 4.64. The standard InChI is InChI=1S/C14H20ClN3O/c1-9-3-5-11(6-4-9)17-14(19)10-7-12(15)18-13(8-10)16-2/h7-9,11H,3-6H2,1-2H3,(H,16,18)(H,17,19). The number of rotatable bonds is 3. The molecule has 1 fully saturated rings. The van der Waals surface area contributed by atoms with E-state index in [4.69, 9.17) is 11.6 Å². The number of nitrogens with one attached hydrogen (secondary N) is 2. The van der Waals surface area contributed by atoms with E-state index in [-0.39, 0.29) is 11.9 Å². The van der Waals surface area contributed by atoms with Crippen LogP contribution < -0.4 is 10.6 Å². The van der Waals surface area contributed by atoms with Crippen molar-refractivity contribution >= 4 is 23.3 Å². The minimum absolute atomic E-state index is 0.0691. The van der Waals surface area contributed by atoms with Crippen LogP contribution in [0.2, 0.25) is 5.15 Å². The van der Waals surface area contributed by atoms with E-state index in [9.17, 15) is 4.79 Å². The molecule has 5 heteroatoms. The first-order valence-electron chi connectivity index (χ1n) is 6.74. The van der Waals surface area contributed by atoms with E-state index in [1.165, 1.54) is 12.8 Å². The van der Waals surface area contributed by atoms with Crippen molar-refractivity contribution in [3.8, 4) is 0 Å². The maximum Gasteiger partial charge on any atom is 0.251 e. The van der Waals surface area contributed by atoms with Crippen LogP contribution in [0.4, 0.5) is 5.82 Å². The quantitative estimate of drug-likeness (QED) is 0.837. The van der Waals surface area contributed by atoms with Gasteiger partial charge in [-0.05, 0) is 43.7 Å². The molecule has 0 spiro atoms. The summed E-state index contributed by atoms with van der Waals surface area (Å²) in [6, 6.07) is 3.60. The fraction of sp³-hybridized carbons (Fsp3) is 0.571. The molecule has 0 aromatic carbocycles. The highest BCUT2D eigenvalue weighted by Gasteiger charge is 2.20. The lowest BCUT2D eigenvalue weighted by molar-refractivity contribution is 0.0923. The van der Waals surface area contributed by atoms with E-state index < -0.39 is 0 Å². The summed E-state index contributed by atoms with van der Waals surface area (Å²) in [7, 11) is 1.75. The molecule has 2 rings (SSSR count). The second kappa shape index (κ2) is 6.24. The van der Waals surface area contributed by atoms with Gasteiger partial charge in [-0.25, -0.2) is 4.98 Å². The molecule has 1 aromatic rings. The number of anilines is 1. The van der Waals surface area contributed by atoms with Gasteiger partial charge in [-0.3, -0.25) is 4.79 Å². The number of hydrogen-bond acceptors (Lipinski definition) is 3. The number of amides is 1. The van der Waals surface area contributed by atoms with Crippen LogP contribution in [-0.2, 0) is 0 Å². The second-order valence-corrected chi connectivity index (χ2v) is 5.63. The molecule has 1 aliphatic rings. The Morgan fingerprint density at radius 3 is 2.63 bits per heavy atom. The lowest BCUT2D eigenvalue weighted by Crippen LogP contribution is -2.37.